The van der Waals surface area contributed by atoms with Gasteiger partial charge in [-0.1, -0.05) is 11.8 Å². The Kier molecular flexibility index (Phi) is 6.69. The van der Waals surface area contributed by atoms with Gasteiger partial charge in [-0.25, -0.2) is 9.97 Å². The molecule has 0 radical (unpaired) electrons. The van der Waals surface area contributed by atoms with E-state index in [1.807, 2.05) is 19.1 Å². The highest BCUT2D eigenvalue weighted by Crippen LogP contribution is 2.33. The highest BCUT2D eigenvalue weighted by Gasteiger charge is 2.13. The molecule has 0 fully saturated rings. The zero-order chi connectivity index (χ0) is 20.8. The average Bonchev–Trinajstić information content (AvgIpc) is 3.15. The van der Waals surface area contributed by atoms with Crippen molar-refractivity contribution < 1.29 is 14.3 Å². The van der Waals surface area contributed by atoms with Gasteiger partial charge in [0.1, 0.15) is 11.1 Å². The zero-order valence-electron chi connectivity index (χ0n) is 16.1. The molecule has 3 rings (SSSR count). The topological polar surface area (TPSA) is 97.1 Å². The van der Waals surface area contributed by atoms with Gasteiger partial charge in [-0.15, -0.1) is 11.3 Å². The smallest absolute Gasteiger partial charge is 0.236 e. The largest absolute Gasteiger partial charge is 0.493 e. The van der Waals surface area contributed by atoms with E-state index in [2.05, 4.69) is 21.4 Å². The molecule has 1 N–H and O–H groups in total. The zero-order valence-corrected chi connectivity index (χ0v) is 17.7. The number of nitriles is 1. The molecule has 0 aliphatic carbocycles. The summed E-state index contributed by atoms with van der Waals surface area (Å²) in [5.74, 6) is 1.12. The number of carbonyl (C=O) groups excluding carboxylic acids is 1. The molecule has 2 aromatic heterocycles. The maximum absolute atomic E-state index is 12.2. The lowest BCUT2D eigenvalue weighted by atomic mass is 10.1. The Morgan fingerprint density at radius 2 is 2.03 bits per heavy atom. The third-order valence-corrected chi connectivity index (χ3v) is 5.69. The van der Waals surface area contributed by atoms with Crippen LogP contribution in [0.3, 0.4) is 0 Å². The van der Waals surface area contributed by atoms with Gasteiger partial charge in [-0.3, -0.25) is 4.79 Å². The number of anilines is 1. The van der Waals surface area contributed by atoms with Gasteiger partial charge in [-0.2, -0.15) is 5.26 Å². The van der Waals surface area contributed by atoms with Gasteiger partial charge in [0.2, 0.25) is 5.91 Å². The number of hydrogen-bond donors (Lipinski definition) is 1. The number of hydrogen-bond acceptors (Lipinski definition) is 8. The second kappa shape index (κ2) is 9.41. The molecule has 29 heavy (non-hydrogen) atoms. The minimum Gasteiger partial charge on any atom is -0.493 e. The number of aromatic nitrogens is 2. The summed E-state index contributed by atoms with van der Waals surface area (Å²) in [5, 5.41) is 13.2. The van der Waals surface area contributed by atoms with Crippen molar-refractivity contribution in [3.63, 3.8) is 0 Å². The quantitative estimate of drug-likeness (QED) is 0.567. The molecule has 0 bridgehead atoms. The number of nitrogens with one attached hydrogen (secondary N) is 1. The number of benzene rings is 1. The van der Waals surface area contributed by atoms with Crippen LogP contribution < -0.4 is 14.8 Å². The first kappa shape index (κ1) is 20.6. The van der Waals surface area contributed by atoms with E-state index in [1.54, 1.807) is 38.6 Å². The van der Waals surface area contributed by atoms with Crippen LogP contribution in [0.1, 0.15) is 10.4 Å². The number of methoxy groups -OCH3 is 2. The van der Waals surface area contributed by atoms with Crippen molar-refractivity contribution in [3.05, 3.63) is 47.0 Å². The summed E-state index contributed by atoms with van der Waals surface area (Å²) in [6.07, 6.45) is 1.70. The minimum absolute atomic E-state index is 0.121. The number of carbonyl (C=O) groups is 1. The number of pyridine rings is 1. The number of thioether (sulfide) groups is 1. The molecule has 0 unspecified atom stereocenters. The van der Waals surface area contributed by atoms with Gasteiger partial charge in [0, 0.05) is 16.6 Å². The molecule has 3 aromatic rings. The second-order valence-corrected chi connectivity index (χ2v) is 8.04. The van der Waals surface area contributed by atoms with E-state index in [9.17, 15) is 10.1 Å². The van der Waals surface area contributed by atoms with Gasteiger partial charge in [0.25, 0.3) is 0 Å². The lowest BCUT2D eigenvalue weighted by molar-refractivity contribution is -0.113. The molecule has 2 heterocycles. The van der Waals surface area contributed by atoms with Gasteiger partial charge in [0.15, 0.2) is 16.6 Å². The van der Waals surface area contributed by atoms with E-state index in [0.29, 0.717) is 32.9 Å². The standard InChI is InChI=1S/C20H18N4O3S2/c1-12-10-22-20(29-12)24-18(25)11-28-19-14(9-21)4-6-15(23-19)13-5-7-16(26-2)17(8-13)27-3/h4-8,10H,11H2,1-3H3,(H,22,24,25). The van der Waals surface area contributed by atoms with Crippen LogP contribution in [0.25, 0.3) is 11.3 Å². The van der Waals surface area contributed by atoms with Gasteiger partial charge in [-0.05, 0) is 37.3 Å². The maximum Gasteiger partial charge on any atom is 0.236 e. The Morgan fingerprint density at radius 3 is 2.69 bits per heavy atom. The van der Waals surface area contributed by atoms with Crippen molar-refractivity contribution in [3.8, 4) is 28.8 Å². The number of ether oxygens (including phenoxy) is 2. The number of thiazole rings is 1. The highest BCUT2D eigenvalue weighted by atomic mass is 32.2. The van der Waals surface area contributed by atoms with Gasteiger partial charge >= 0.3 is 0 Å². The summed E-state index contributed by atoms with van der Waals surface area (Å²) < 4.78 is 10.6. The second-order valence-electron chi connectivity index (χ2n) is 5.84. The summed E-state index contributed by atoms with van der Waals surface area (Å²) >= 11 is 2.62. The van der Waals surface area contributed by atoms with Crippen molar-refractivity contribution in [2.45, 2.75) is 11.9 Å². The number of rotatable bonds is 7. The average molecular weight is 427 g/mol. The van der Waals surface area contributed by atoms with Crippen LogP contribution in [0.15, 0.2) is 41.6 Å². The number of nitrogens with zero attached hydrogens (tertiary/aromatic N) is 3. The van der Waals surface area contributed by atoms with Crippen molar-refractivity contribution in [2.24, 2.45) is 0 Å². The molecule has 0 atom stereocenters. The molecule has 148 valence electrons. The van der Waals surface area contributed by atoms with Crippen molar-refractivity contribution in [1.82, 2.24) is 9.97 Å². The summed E-state index contributed by atoms with van der Waals surface area (Å²) in [7, 11) is 3.14. The first-order valence-electron chi connectivity index (χ1n) is 8.52. The van der Waals surface area contributed by atoms with Crippen LogP contribution in [-0.2, 0) is 4.79 Å². The predicted molar refractivity (Wildman–Crippen MR) is 114 cm³/mol. The lowest BCUT2D eigenvalue weighted by Gasteiger charge is -2.10. The molecule has 1 amide bonds. The summed E-state index contributed by atoms with van der Waals surface area (Å²) in [5.41, 5.74) is 1.90. The normalized spacial score (nSPS) is 10.3. The SMILES string of the molecule is COc1ccc(-c2ccc(C#N)c(SCC(=O)Nc3ncc(C)s3)n2)cc1OC. The predicted octanol–water partition coefficient (Wildman–Crippen LogP) is 4.13. The van der Waals surface area contributed by atoms with Crippen LogP contribution in [0.4, 0.5) is 5.13 Å². The monoisotopic (exact) mass is 426 g/mol. The highest BCUT2D eigenvalue weighted by molar-refractivity contribution is 8.00. The summed E-state index contributed by atoms with van der Waals surface area (Å²) in [6, 6.07) is 11.1. The van der Waals surface area contributed by atoms with Crippen LogP contribution >= 0.6 is 23.1 Å². The Labute approximate surface area is 176 Å². The first-order chi connectivity index (χ1) is 14.0. The molecule has 0 saturated heterocycles. The van der Waals surface area contributed by atoms with Gasteiger partial charge < -0.3 is 14.8 Å². The fraction of sp³-hybridized carbons (Fsp3) is 0.200. The van der Waals surface area contributed by atoms with Crippen molar-refractivity contribution in [2.75, 3.05) is 25.3 Å². The maximum atomic E-state index is 12.2. The Bertz CT molecular complexity index is 1080. The molecule has 1 aromatic carbocycles. The van der Waals surface area contributed by atoms with E-state index >= 15 is 0 Å². The summed E-state index contributed by atoms with van der Waals surface area (Å²) in [4.78, 5) is 21.9. The first-order valence-corrected chi connectivity index (χ1v) is 10.3. The van der Waals surface area contributed by atoms with Crippen LogP contribution in [0, 0.1) is 18.3 Å². The number of amides is 1. The van der Waals surface area contributed by atoms with Crippen molar-refractivity contribution >= 4 is 34.1 Å². The third-order valence-electron chi connectivity index (χ3n) is 3.87. The van der Waals surface area contributed by atoms with Crippen molar-refractivity contribution in [1.29, 1.82) is 5.26 Å². The molecule has 0 spiro atoms. The molecular formula is C20H18N4O3S2. The molecule has 0 saturated carbocycles. The Balaban J connectivity index is 1.78. The lowest BCUT2D eigenvalue weighted by Crippen LogP contribution is -2.14. The van der Waals surface area contributed by atoms with Crippen LogP contribution in [0.2, 0.25) is 0 Å². The van der Waals surface area contributed by atoms with E-state index < -0.39 is 0 Å². The fourth-order valence-electron chi connectivity index (χ4n) is 2.49. The number of aryl methyl sites for hydroxylation is 1. The molecule has 0 aliphatic heterocycles. The fourth-order valence-corrected chi connectivity index (χ4v) is 3.95. The Morgan fingerprint density at radius 1 is 1.24 bits per heavy atom. The van der Waals surface area contributed by atoms with Crippen LogP contribution in [0.5, 0.6) is 11.5 Å². The third kappa shape index (κ3) is 5.04. The molecular weight excluding hydrogens is 408 g/mol. The minimum atomic E-state index is -0.202. The summed E-state index contributed by atoms with van der Waals surface area (Å²) in [6.45, 7) is 1.92. The molecule has 9 heteroatoms. The Hall–Kier alpha value is -3.09. The van der Waals surface area contributed by atoms with Gasteiger partial charge in [0.05, 0.1) is 31.2 Å². The van der Waals surface area contributed by atoms with E-state index in [1.165, 1.54) is 23.1 Å². The van der Waals surface area contributed by atoms with E-state index in [0.717, 1.165) is 10.4 Å². The van der Waals surface area contributed by atoms with E-state index in [-0.39, 0.29) is 11.7 Å². The van der Waals surface area contributed by atoms with Crippen LogP contribution in [-0.4, -0.2) is 35.8 Å². The molecule has 0 aliphatic rings. The molecule has 7 nitrogen and oxygen atoms in total. The van der Waals surface area contributed by atoms with E-state index in [4.69, 9.17) is 9.47 Å².